The lowest BCUT2D eigenvalue weighted by Crippen LogP contribution is -2.39. The van der Waals surface area contributed by atoms with Crippen LogP contribution in [-0.4, -0.2) is 12.1 Å². The summed E-state index contributed by atoms with van der Waals surface area (Å²) in [5.74, 6) is 1.54. The predicted molar refractivity (Wildman–Crippen MR) is 71.0 cm³/mol. The molecule has 0 aromatic heterocycles. The van der Waals surface area contributed by atoms with Crippen molar-refractivity contribution in [2.75, 3.05) is 0 Å². The molecule has 3 saturated carbocycles. The molecule has 0 N–H and O–H groups in total. The molecular formula is C16H26O2. The number of esters is 1. The summed E-state index contributed by atoms with van der Waals surface area (Å²) in [5.41, 5.74) is 0.539. The van der Waals surface area contributed by atoms with Crippen LogP contribution in [-0.2, 0) is 9.53 Å². The molecule has 0 amide bonds. The van der Waals surface area contributed by atoms with Crippen LogP contribution in [0.3, 0.4) is 0 Å². The van der Waals surface area contributed by atoms with Crippen LogP contribution >= 0.6 is 0 Å². The molecule has 0 radical (unpaired) electrons. The molecule has 0 aromatic rings. The van der Waals surface area contributed by atoms with Gasteiger partial charge in [-0.2, -0.15) is 0 Å². The first-order chi connectivity index (χ1) is 8.36. The van der Waals surface area contributed by atoms with E-state index in [9.17, 15) is 4.79 Å². The summed E-state index contributed by atoms with van der Waals surface area (Å²) in [6.45, 7) is 9.10. The predicted octanol–water partition coefficient (Wildman–Crippen LogP) is 3.79. The van der Waals surface area contributed by atoms with E-state index < -0.39 is 0 Å². The molecule has 4 atom stereocenters. The lowest BCUT2D eigenvalue weighted by molar-refractivity contribution is -0.162. The van der Waals surface area contributed by atoms with Crippen LogP contribution in [0.1, 0.15) is 59.8 Å². The highest BCUT2D eigenvalue weighted by Gasteiger charge is 2.63. The van der Waals surface area contributed by atoms with Gasteiger partial charge in [-0.25, -0.2) is 0 Å². The van der Waals surface area contributed by atoms with Gasteiger partial charge in [0.1, 0.15) is 6.10 Å². The highest BCUT2D eigenvalue weighted by atomic mass is 16.5. The van der Waals surface area contributed by atoms with E-state index in [2.05, 4.69) is 20.8 Å². The standard InChI is InChI=1S/C16H26O2/c1-10(11-5-6-11)14(17)18-13-9-12-7-8-16(13,4)15(12,2)3/h10-13H,5-9H2,1-4H3. The number of ether oxygens (including phenoxy) is 1. The molecule has 0 aromatic carbocycles. The molecule has 3 fully saturated rings. The van der Waals surface area contributed by atoms with Crippen LogP contribution in [0.2, 0.25) is 0 Å². The van der Waals surface area contributed by atoms with Crippen molar-refractivity contribution in [2.24, 2.45) is 28.6 Å². The minimum atomic E-state index is 0.0621. The van der Waals surface area contributed by atoms with Gasteiger partial charge < -0.3 is 4.74 Å². The molecule has 0 aliphatic heterocycles. The van der Waals surface area contributed by atoms with Crippen molar-refractivity contribution in [1.29, 1.82) is 0 Å². The summed E-state index contributed by atoms with van der Waals surface area (Å²) >= 11 is 0. The first-order valence-corrected chi connectivity index (χ1v) is 7.57. The Kier molecular flexibility index (Phi) is 2.60. The summed E-state index contributed by atoms with van der Waals surface area (Å²) < 4.78 is 5.91. The minimum Gasteiger partial charge on any atom is -0.462 e. The molecule has 102 valence electrons. The summed E-state index contributed by atoms with van der Waals surface area (Å²) in [6.07, 6.45) is 6.22. The van der Waals surface area contributed by atoms with Gasteiger partial charge in [-0.3, -0.25) is 4.79 Å². The Balaban J connectivity index is 1.69. The lowest BCUT2D eigenvalue weighted by atomic mass is 9.70. The van der Waals surface area contributed by atoms with Gasteiger partial charge in [0.15, 0.2) is 0 Å². The Labute approximate surface area is 110 Å². The monoisotopic (exact) mass is 250 g/mol. The van der Waals surface area contributed by atoms with E-state index in [-0.39, 0.29) is 23.4 Å². The zero-order valence-electron chi connectivity index (χ0n) is 12.2. The van der Waals surface area contributed by atoms with Crippen LogP contribution in [0.4, 0.5) is 0 Å². The molecule has 3 rings (SSSR count). The Hall–Kier alpha value is -0.530. The molecule has 18 heavy (non-hydrogen) atoms. The Morgan fingerprint density at radius 2 is 1.89 bits per heavy atom. The minimum absolute atomic E-state index is 0.0621. The van der Waals surface area contributed by atoms with Crippen LogP contribution < -0.4 is 0 Å². The summed E-state index contributed by atoms with van der Waals surface area (Å²) in [6, 6.07) is 0. The summed E-state index contributed by atoms with van der Waals surface area (Å²) in [5, 5.41) is 0. The second-order valence-electron chi connectivity index (χ2n) is 7.66. The third-order valence-corrected chi connectivity index (χ3v) is 6.67. The highest BCUT2D eigenvalue weighted by Crippen LogP contribution is 2.66. The maximum Gasteiger partial charge on any atom is 0.309 e. The van der Waals surface area contributed by atoms with Gasteiger partial charge in [0.25, 0.3) is 0 Å². The van der Waals surface area contributed by atoms with Crippen LogP contribution in [0.5, 0.6) is 0 Å². The number of fused-ring (bicyclic) bond motifs is 2. The van der Waals surface area contributed by atoms with E-state index in [0.29, 0.717) is 11.3 Å². The average Bonchev–Trinajstić information content (AvgIpc) is 3.09. The normalized spacial score (nSPS) is 42.9. The maximum absolute atomic E-state index is 12.2. The second kappa shape index (κ2) is 3.74. The quantitative estimate of drug-likeness (QED) is 0.712. The van der Waals surface area contributed by atoms with Gasteiger partial charge in [0.2, 0.25) is 0 Å². The largest absolute Gasteiger partial charge is 0.462 e. The van der Waals surface area contributed by atoms with Gasteiger partial charge in [-0.1, -0.05) is 27.7 Å². The molecule has 0 saturated heterocycles. The van der Waals surface area contributed by atoms with Crippen molar-refractivity contribution in [2.45, 2.75) is 65.9 Å². The molecule has 2 nitrogen and oxygen atoms in total. The van der Waals surface area contributed by atoms with Crippen molar-refractivity contribution >= 4 is 5.97 Å². The van der Waals surface area contributed by atoms with Crippen molar-refractivity contribution < 1.29 is 9.53 Å². The third kappa shape index (κ3) is 1.57. The Bertz CT molecular complexity index is 369. The Morgan fingerprint density at radius 1 is 1.22 bits per heavy atom. The lowest BCUT2D eigenvalue weighted by Gasteiger charge is -2.38. The Morgan fingerprint density at radius 3 is 2.33 bits per heavy atom. The van der Waals surface area contributed by atoms with E-state index in [1.54, 1.807) is 0 Å². The van der Waals surface area contributed by atoms with Crippen LogP contribution in [0.15, 0.2) is 0 Å². The molecule has 0 heterocycles. The van der Waals surface area contributed by atoms with E-state index in [1.165, 1.54) is 25.7 Å². The molecule has 2 bridgehead atoms. The molecule has 3 aliphatic rings. The van der Waals surface area contributed by atoms with Gasteiger partial charge in [0, 0.05) is 5.41 Å². The van der Waals surface area contributed by atoms with Gasteiger partial charge in [0.05, 0.1) is 5.92 Å². The maximum atomic E-state index is 12.2. The second-order valence-corrected chi connectivity index (χ2v) is 7.66. The smallest absolute Gasteiger partial charge is 0.309 e. The number of carbonyl (C=O) groups is 1. The number of hydrogen-bond acceptors (Lipinski definition) is 2. The first kappa shape index (κ1) is 12.5. The summed E-state index contributed by atoms with van der Waals surface area (Å²) in [4.78, 5) is 12.2. The van der Waals surface area contributed by atoms with Crippen molar-refractivity contribution in [3.63, 3.8) is 0 Å². The molecule has 3 aliphatic carbocycles. The van der Waals surface area contributed by atoms with E-state index in [0.717, 1.165) is 12.3 Å². The topological polar surface area (TPSA) is 26.3 Å². The number of rotatable bonds is 3. The number of hydrogen-bond donors (Lipinski definition) is 0. The van der Waals surface area contributed by atoms with Crippen LogP contribution in [0, 0.1) is 28.6 Å². The van der Waals surface area contributed by atoms with Gasteiger partial charge in [-0.05, 0) is 49.4 Å². The van der Waals surface area contributed by atoms with E-state index >= 15 is 0 Å². The zero-order chi connectivity index (χ0) is 13.1. The fourth-order valence-corrected chi connectivity index (χ4v) is 4.34. The van der Waals surface area contributed by atoms with Crippen LogP contribution in [0.25, 0.3) is 0 Å². The van der Waals surface area contributed by atoms with E-state index in [4.69, 9.17) is 4.74 Å². The number of carbonyl (C=O) groups excluding carboxylic acids is 1. The van der Waals surface area contributed by atoms with Gasteiger partial charge in [-0.15, -0.1) is 0 Å². The van der Waals surface area contributed by atoms with Crippen molar-refractivity contribution in [3.8, 4) is 0 Å². The molecule has 4 unspecified atom stereocenters. The van der Waals surface area contributed by atoms with Crippen molar-refractivity contribution in [1.82, 2.24) is 0 Å². The van der Waals surface area contributed by atoms with E-state index in [1.807, 2.05) is 6.92 Å². The fourth-order valence-electron chi connectivity index (χ4n) is 4.34. The third-order valence-electron chi connectivity index (χ3n) is 6.67. The highest BCUT2D eigenvalue weighted by molar-refractivity contribution is 5.73. The zero-order valence-corrected chi connectivity index (χ0v) is 12.2. The fraction of sp³-hybridized carbons (Fsp3) is 0.938. The van der Waals surface area contributed by atoms with Gasteiger partial charge >= 0.3 is 5.97 Å². The summed E-state index contributed by atoms with van der Waals surface area (Å²) in [7, 11) is 0. The first-order valence-electron chi connectivity index (χ1n) is 7.57. The molecule has 2 heteroatoms. The molecule has 0 spiro atoms. The SMILES string of the molecule is CC(C(=O)OC1CC2CCC1(C)C2(C)C)C1CC1. The average molecular weight is 250 g/mol. The molecular weight excluding hydrogens is 224 g/mol. The van der Waals surface area contributed by atoms with Crippen molar-refractivity contribution in [3.05, 3.63) is 0 Å².